The van der Waals surface area contributed by atoms with Crippen LogP contribution in [0.2, 0.25) is 0 Å². The van der Waals surface area contributed by atoms with Gasteiger partial charge in [0.25, 0.3) is 0 Å². The number of fused-ring (bicyclic) bond motifs is 1. The van der Waals surface area contributed by atoms with Crippen LogP contribution in [0.5, 0.6) is 0 Å². The van der Waals surface area contributed by atoms with E-state index < -0.39 is 0 Å². The molecule has 0 unspecified atom stereocenters. The second kappa shape index (κ2) is 7.01. The molecular formula is C18H17N7S. The number of nitrogens with two attached hydrogens (primary N) is 1. The van der Waals surface area contributed by atoms with Crippen LogP contribution in [0, 0.1) is 0 Å². The van der Waals surface area contributed by atoms with Crippen molar-refractivity contribution in [2.75, 3.05) is 11.1 Å². The Bertz CT molecular complexity index is 999. The van der Waals surface area contributed by atoms with Gasteiger partial charge in [0.2, 0.25) is 11.9 Å². The van der Waals surface area contributed by atoms with Gasteiger partial charge in [-0.1, -0.05) is 42.1 Å². The van der Waals surface area contributed by atoms with E-state index in [0.717, 1.165) is 21.9 Å². The first-order valence-corrected chi connectivity index (χ1v) is 9.00. The third-order valence-corrected chi connectivity index (χ3v) is 4.70. The number of nitrogen functional groups attached to an aromatic ring is 1. The standard InChI is InChI=1S/C18H17N7S/c1-11(26-18-21-13-9-5-6-10-14(13)22-18)15-23-16(19)25-17(24-15)20-12-7-3-2-4-8-12/h2-11H,1H3,(H,21,22)(H3,19,20,23,24,25)/t11-/m1/s1. The van der Waals surface area contributed by atoms with E-state index in [1.165, 1.54) is 0 Å². The van der Waals surface area contributed by atoms with Gasteiger partial charge in [-0.15, -0.1) is 0 Å². The number of hydrogen-bond acceptors (Lipinski definition) is 7. The summed E-state index contributed by atoms with van der Waals surface area (Å²) >= 11 is 1.54. The topological polar surface area (TPSA) is 105 Å². The van der Waals surface area contributed by atoms with Crippen LogP contribution in [-0.2, 0) is 0 Å². The fraction of sp³-hybridized carbons (Fsp3) is 0.111. The van der Waals surface area contributed by atoms with Crippen LogP contribution < -0.4 is 11.1 Å². The summed E-state index contributed by atoms with van der Waals surface area (Å²) in [4.78, 5) is 20.8. The Kier molecular flexibility index (Phi) is 4.40. The number of aromatic amines is 1. The first-order chi connectivity index (χ1) is 12.7. The Hall–Kier alpha value is -3.13. The van der Waals surface area contributed by atoms with Gasteiger partial charge in [0, 0.05) is 5.69 Å². The predicted octanol–water partition coefficient (Wildman–Crippen LogP) is 3.93. The van der Waals surface area contributed by atoms with Gasteiger partial charge in [-0.2, -0.15) is 15.0 Å². The maximum Gasteiger partial charge on any atom is 0.232 e. The highest BCUT2D eigenvalue weighted by Crippen LogP contribution is 2.33. The zero-order valence-electron chi connectivity index (χ0n) is 14.0. The second-order valence-electron chi connectivity index (χ2n) is 5.69. The van der Waals surface area contributed by atoms with Crippen molar-refractivity contribution in [3.63, 3.8) is 0 Å². The molecule has 0 saturated heterocycles. The molecule has 0 radical (unpaired) electrons. The third kappa shape index (κ3) is 3.60. The number of nitrogens with zero attached hydrogens (tertiary/aromatic N) is 4. The number of H-pyrrole nitrogens is 1. The molecule has 8 heteroatoms. The maximum absolute atomic E-state index is 5.87. The van der Waals surface area contributed by atoms with Gasteiger partial charge >= 0.3 is 0 Å². The highest BCUT2D eigenvalue weighted by atomic mass is 32.2. The minimum absolute atomic E-state index is 0.0443. The van der Waals surface area contributed by atoms with Gasteiger partial charge in [-0.3, -0.25) is 0 Å². The molecule has 0 bridgehead atoms. The lowest BCUT2D eigenvalue weighted by Gasteiger charge is -2.11. The molecule has 0 amide bonds. The molecule has 130 valence electrons. The van der Waals surface area contributed by atoms with Gasteiger partial charge in [0.15, 0.2) is 5.16 Å². The first-order valence-electron chi connectivity index (χ1n) is 8.12. The summed E-state index contributed by atoms with van der Waals surface area (Å²) in [5, 5.41) is 3.92. The largest absolute Gasteiger partial charge is 0.368 e. The summed E-state index contributed by atoms with van der Waals surface area (Å²) in [6, 6.07) is 17.6. The molecule has 0 aliphatic carbocycles. The van der Waals surface area contributed by atoms with Crippen molar-refractivity contribution in [2.45, 2.75) is 17.3 Å². The third-order valence-electron chi connectivity index (χ3n) is 3.72. The van der Waals surface area contributed by atoms with Crippen LogP contribution in [-0.4, -0.2) is 24.9 Å². The number of para-hydroxylation sites is 3. The SMILES string of the molecule is C[C@@H](Sc1nc2ccccc2[nH]1)c1nc(N)nc(Nc2ccccc2)n1. The number of rotatable bonds is 5. The molecule has 0 aliphatic heterocycles. The molecule has 0 fully saturated rings. The normalized spacial score (nSPS) is 12.2. The molecular weight excluding hydrogens is 346 g/mol. The zero-order chi connectivity index (χ0) is 17.9. The number of benzene rings is 2. The molecule has 1 atom stereocenters. The molecule has 26 heavy (non-hydrogen) atoms. The quantitative estimate of drug-likeness (QED) is 0.461. The monoisotopic (exact) mass is 363 g/mol. The molecule has 4 N–H and O–H groups in total. The van der Waals surface area contributed by atoms with Crippen LogP contribution in [0.1, 0.15) is 18.0 Å². The highest BCUT2D eigenvalue weighted by molar-refractivity contribution is 7.99. The lowest BCUT2D eigenvalue weighted by Crippen LogP contribution is -2.08. The molecule has 2 aromatic heterocycles. The van der Waals surface area contributed by atoms with E-state index >= 15 is 0 Å². The minimum Gasteiger partial charge on any atom is -0.368 e. The Morgan fingerprint density at radius 3 is 2.54 bits per heavy atom. The van der Waals surface area contributed by atoms with E-state index in [9.17, 15) is 0 Å². The fourth-order valence-electron chi connectivity index (χ4n) is 2.50. The number of anilines is 3. The van der Waals surface area contributed by atoms with Crippen molar-refractivity contribution in [2.24, 2.45) is 0 Å². The Morgan fingerprint density at radius 1 is 0.962 bits per heavy atom. The summed E-state index contributed by atoms with van der Waals surface area (Å²) in [5.41, 5.74) is 8.70. The summed E-state index contributed by atoms with van der Waals surface area (Å²) in [5.74, 6) is 1.21. The van der Waals surface area contributed by atoms with Crippen LogP contribution in [0.3, 0.4) is 0 Å². The lowest BCUT2D eigenvalue weighted by atomic mass is 10.3. The number of aromatic nitrogens is 5. The van der Waals surface area contributed by atoms with E-state index in [-0.39, 0.29) is 11.2 Å². The van der Waals surface area contributed by atoms with Crippen molar-refractivity contribution in [3.8, 4) is 0 Å². The van der Waals surface area contributed by atoms with Crippen molar-refractivity contribution in [3.05, 3.63) is 60.4 Å². The van der Waals surface area contributed by atoms with E-state index in [2.05, 4.69) is 30.2 Å². The van der Waals surface area contributed by atoms with Crippen LogP contribution in [0.15, 0.2) is 59.8 Å². The Balaban J connectivity index is 1.56. The van der Waals surface area contributed by atoms with E-state index in [0.29, 0.717) is 11.8 Å². The molecule has 4 rings (SSSR count). The molecule has 7 nitrogen and oxygen atoms in total. The zero-order valence-corrected chi connectivity index (χ0v) is 14.9. The summed E-state index contributed by atoms with van der Waals surface area (Å²) in [6.45, 7) is 2.01. The van der Waals surface area contributed by atoms with Crippen LogP contribution in [0.25, 0.3) is 11.0 Å². The fourth-order valence-corrected chi connectivity index (χ4v) is 3.37. The molecule has 2 aromatic carbocycles. The Labute approximate surface area is 154 Å². The van der Waals surface area contributed by atoms with Gasteiger partial charge in [-0.25, -0.2) is 4.98 Å². The van der Waals surface area contributed by atoms with E-state index in [4.69, 9.17) is 5.73 Å². The second-order valence-corrected chi connectivity index (χ2v) is 7.02. The molecule has 0 spiro atoms. The summed E-state index contributed by atoms with van der Waals surface area (Å²) in [6.07, 6.45) is 0. The summed E-state index contributed by atoms with van der Waals surface area (Å²) < 4.78 is 0. The lowest BCUT2D eigenvalue weighted by molar-refractivity contribution is 0.890. The molecule has 0 aliphatic rings. The van der Waals surface area contributed by atoms with Crippen molar-refractivity contribution < 1.29 is 0 Å². The van der Waals surface area contributed by atoms with Gasteiger partial charge in [-0.05, 0) is 31.2 Å². The maximum atomic E-state index is 5.87. The van der Waals surface area contributed by atoms with Crippen molar-refractivity contribution >= 4 is 40.4 Å². The summed E-state index contributed by atoms with van der Waals surface area (Å²) in [7, 11) is 0. The van der Waals surface area contributed by atoms with Crippen molar-refractivity contribution in [1.29, 1.82) is 0 Å². The van der Waals surface area contributed by atoms with Crippen LogP contribution >= 0.6 is 11.8 Å². The van der Waals surface area contributed by atoms with Gasteiger partial charge < -0.3 is 16.0 Å². The van der Waals surface area contributed by atoms with Gasteiger partial charge in [0.05, 0.1) is 16.3 Å². The smallest absolute Gasteiger partial charge is 0.232 e. The van der Waals surface area contributed by atoms with Crippen molar-refractivity contribution in [1.82, 2.24) is 24.9 Å². The molecule has 2 heterocycles. The highest BCUT2D eigenvalue weighted by Gasteiger charge is 2.16. The number of imidazole rings is 1. The average Bonchev–Trinajstić information content (AvgIpc) is 3.04. The van der Waals surface area contributed by atoms with E-state index in [1.807, 2.05) is 61.5 Å². The van der Waals surface area contributed by atoms with E-state index in [1.54, 1.807) is 11.8 Å². The minimum atomic E-state index is -0.0443. The number of thioether (sulfide) groups is 1. The number of hydrogen-bond donors (Lipinski definition) is 3. The predicted molar refractivity (Wildman–Crippen MR) is 104 cm³/mol. The van der Waals surface area contributed by atoms with Crippen LogP contribution in [0.4, 0.5) is 17.6 Å². The average molecular weight is 363 g/mol. The van der Waals surface area contributed by atoms with Gasteiger partial charge in [0.1, 0.15) is 5.82 Å². The number of nitrogens with one attached hydrogen (secondary N) is 2. The first kappa shape index (κ1) is 16.3. The molecule has 0 saturated carbocycles. The molecule has 4 aromatic rings. The Morgan fingerprint density at radius 2 is 1.73 bits per heavy atom.